The molecular formula is C15H20N2O3. The molecule has 1 aromatic carbocycles. The number of nitrogens with zero attached hydrogens (tertiary/aromatic N) is 1. The number of non-ortho nitro benzene ring substituents is 1. The van der Waals surface area contributed by atoms with Gasteiger partial charge in [0.15, 0.2) is 0 Å². The summed E-state index contributed by atoms with van der Waals surface area (Å²) in [6.07, 6.45) is 5.43. The quantitative estimate of drug-likeness (QED) is 0.614. The standard InChI is InChI=1S/C15H20N2O3/c1-20-14-7-11(6-13(8-14)17(18)19)9-16-10-15(4-5-15)12-2-3-12/h6-8,12,16H,2-5,9-10H2,1H3. The van der Waals surface area contributed by atoms with Crippen LogP contribution in [0.25, 0.3) is 0 Å². The van der Waals surface area contributed by atoms with Crippen LogP contribution in [0.3, 0.4) is 0 Å². The zero-order chi connectivity index (χ0) is 14.2. The maximum absolute atomic E-state index is 10.9. The van der Waals surface area contributed by atoms with Crippen molar-refractivity contribution in [2.24, 2.45) is 11.3 Å². The van der Waals surface area contributed by atoms with Crippen molar-refractivity contribution in [3.05, 3.63) is 33.9 Å². The summed E-state index contributed by atoms with van der Waals surface area (Å²) in [6.45, 7) is 1.69. The molecular weight excluding hydrogens is 256 g/mol. The molecule has 0 radical (unpaired) electrons. The van der Waals surface area contributed by atoms with Crippen molar-refractivity contribution in [3.8, 4) is 5.75 Å². The minimum Gasteiger partial charge on any atom is -0.496 e. The van der Waals surface area contributed by atoms with E-state index in [-0.39, 0.29) is 10.6 Å². The van der Waals surface area contributed by atoms with E-state index in [1.165, 1.54) is 38.9 Å². The molecule has 0 aromatic heterocycles. The molecule has 108 valence electrons. The van der Waals surface area contributed by atoms with Gasteiger partial charge in [-0.2, -0.15) is 0 Å². The van der Waals surface area contributed by atoms with Gasteiger partial charge in [-0.05, 0) is 48.6 Å². The van der Waals surface area contributed by atoms with Gasteiger partial charge < -0.3 is 10.1 Å². The first-order valence-corrected chi connectivity index (χ1v) is 7.16. The summed E-state index contributed by atoms with van der Waals surface area (Å²) in [5.41, 5.74) is 1.54. The van der Waals surface area contributed by atoms with E-state index in [9.17, 15) is 10.1 Å². The number of hydrogen-bond acceptors (Lipinski definition) is 4. The van der Waals surface area contributed by atoms with Gasteiger partial charge in [0, 0.05) is 19.2 Å². The van der Waals surface area contributed by atoms with E-state index >= 15 is 0 Å². The van der Waals surface area contributed by atoms with Gasteiger partial charge in [-0.25, -0.2) is 0 Å². The van der Waals surface area contributed by atoms with Crippen LogP contribution in [0.4, 0.5) is 5.69 Å². The Morgan fingerprint density at radius 3 is 2.70 bits per heavy atom. The number of nitro groups is 1. The van der Waals surface area contributed by atoms with Crippen LogP contribution in [0.2, 0.25) is 0 Å². The fraction of sp³-hybridized carbons (Fsp3) is 0.600. The second-order valence-corrected chi connectivity index (χ2v) is 6.04. The van der Waals surface area contributed by atoms with Crippen LogP contribution in [-0.2, 0) is 6.54 Å². The number of benzene rings is 1. The Hall–Kier alpha value is -1.62. The van der Waals surface area contributed by atoms with Crippen LogP contribution in [0.1, 0.15) is 31.2 Å². The van der Waals surface area contributed by atoms with Gasteiger partial charge in [0.1, 0.15) is 5.75 Å². The van der Waals surface area contributed by atoms with E-state index in [0.29, 0.717) is 17.7 Å². The highest BCUT2D eigenvalue weighted by Gasteiger charge is 2.53. The lowest BCUT2D eigenvalue weighted by atomic mass is 10.0. The highest BCUT2D eigenvalue weighted by atomic mass is 16.6. The molecule has 5 heteroatoms. The van der Waals surface area contributed by atoms with Crippen molar-refractivity contribution in [2.45, 2.75) is 32.2 Å². The zero-order valence-corrected chi connectivity index (χ0v) is 11.7. The van der Waals surface area contributed by atoms with Gasteiger partial charge in [-0.3, -0.25) is 10.1 Å². The molecule has 0 aliphatic heterocycles. The molecule has 5 nitrogen and oxygen atoms in total. The number of rotatable bonds is 7. The third kappa shape index (κ3) is 2.77. The van der Waals surface area contributed by atoms with E-state index < -0.39 is 0 Å². The Bertz CT molecular complexity index is 522. The second kappa shape index (κ2) is 5.05. The first-order valence-electron chi connectivity index (χ1n) is 7.16. The third-order valence-electron chi connectivity index (χ3n) is 4.54. The largest absolute Gasteiger partial charge is 0.496 e. The Labute approximate surface area is 118 Å². The van der Waals surface area contributed by atoms with Crippen molar-refractivity contribution >= 4 is 5.69 Å². The normalized spacial score (nSPS) is 19.6. The summed E-state index contributed by atoms with van der Waals surface area (Å²) in [5.74, 6) is 1.47. The van der Waals surface area contributed by atoms with Crippen LogP contribution >= 0.6 is 0 Å². The fourth-order valence-corrected chi connectivity index (χ4v) is 3.01. The molecule has 20 heavy (non-hydrogen) atoms. The molecule has 2 aliphatic carbocycles. The highest BCUT2D eigenvalue weighted by molar-refractivity contribution is 5.42. The first-order chi connectivity index (χ1) is 9.63. The average molecular weight is 276 g/mol. The molecule has 2 aliphatic rings. The highest BCUT2D eigenvalue weighted by Crippen LogP contribution is 2.60. The minimum absolute atomic E-state index is 0.0875. The smallest absolute Gasteiger partial charge is 0.273 e. The Morgan fingerprint density at radius 1 is 1.40 bits per heavy atom. The molecule has 0 bridgehead atoms. The van der Waals surface area contributed by atoms with Gasteiger partial charge in [-0.15, -0.1) is 0 Å². The van der Waals surface area contributed by atoms with Gasteiger partial charge >= 0.3 is 0 Å². The van der Waals surface area contributed by atoms with Gasteiger partial charge in [0.25, 0.3) is 5.69 Å². The molecule has 0 atom stereocenters. The summed E-state index contributed by atoms with van der Waals surface area (Å²) >= 11 is 0. The molecule has 0 amide bonds. The molecule has 2 fully saturated rings. The SMILES string of the molecule is COc1cc(CNCC2(C3CC3)CC2)cc([N+](=O)[O-])c1. The predicted molar refractivity (Wildman–Crippen MR) is 75.7 cm³/mol. The van der Waals surface area contributed by atoms with Crippen LogP contribution in [0.5, 0.6) is 5.75 Å². The summed E-state index contributed by atoms with van der Waals surface area (Å²) < 4.78 is 5.12. The minimum atomic E-state index is -0.376. The second-order valence-electron chi connectivity index (χ2n) is 6.04. The van der Waals surface area contributed by atoms with Crippen molar-refractivity contribution < 1.29 is 9.66 Å². The van der Waals surface area contributed by atoms with Crippen molar-refractivity contribution in [1.82, 2.24) is 5.32 Å². The van der Waals surface area contributed by atoms with Gasteiger partial charge in [0.05, 0.1) is 18.1 Å². The number of nitrogens with one attached hydrogen (secondary N) is 1. The van der Waals surface area contributed by atoms with E-state index in [1.807, 2.05) is 6.07 Å². The van der Waals surface area contributed by atoms with Crippen molar-refractivity contribution in [1.29, 1.82) is 0 Å². The summed E-state index contributed by atoms with van der Waals surface area (Å²) in [4.78, 5) is 10.5. The van der Waals surface area contributed by atoms with Crippen molar-refractivity contribution in [3.63, 3.8) is 0 Å². The van der Waals surface area contributed by atoms with Crippen molar-refractivity contribution in [2.75, 3.05) is 13.7 Å². The lowest BCUT2D eigenvalue weighted by Crippen LogP contribution is -2.25. The monoisotopic (exact) mass is 276 g/mol. The zero-order valence-electron chi connectivity index (χ0n) is 11.7. The predicted octanol–water partition coefficient (Wildman–Crippen LogP) is 2.88. The third-order valence-corrected chi connectivity index (χ3v) is 4.54. The number of hydrogen-bond donors (Lipinski definition) is 1. The molecule has 0 unspecified atom stereocenters. The number of ether oxygens (including phenoxy) is 1. The van der Waals surface area contributed by atoms with E-state index in [0.717, 1.165) is 18.0 Å². The maximum Gasteiger partial charge on any atom is 0.273 e. The summed E-state index contributed by atoms with van der Waals surface area (Å²) in [6, 6.07) is 4.93. The Balaban J connectivity index is 1.61. The van der Waals surface area contributed by atoms with Crippen LogP contribution in [0, 0.1) is 21.4 Å². The van der Waals surface area contributed by atoms with Crippen LogP contribution in [0.15, 0.2) is 18.2 Å². The average Bonchev–Trinajstić information content (AvgIpc) is 3.30. The lowest BCUT2D eigenvalue weighted by Gasteiger charge is -2.15. The molecule has 2 saturated carbocycles. The maximum atomic E-state index is 10.9. The van der Waals surface area contributed by atoms with Crippen LogP contribution in [-0.4, -0.2) is 18.6 Å². The van der Waals surface area contributed by atoms with E-state index in [4.69, 9.17) is 4.74 Å². The number of nitro benzene ring substituents is 1. The van der Waals surface area contributed by atoms with E-state index in [2.05, 4.69) is 5.32 Å². The van der Waals surface area contributed by atoms with E-state index in [1.54, 1.807) is 6.07 Å². The molecule has 0 heterocycles. The number of methoxy groups -OCH3 is 1. The van der Waals surface area contributed by atoms with Gasteiger partial charge in [-0.1, -0.05) is 0 Å². The first kappa shape index (κ1) is 13.4. The van der Waals surface area contributed by atoms with Crippen LogP contribution < -0.4 is 10.1 Å². The molecule has 1 N–H and O–H groups in total. The Morgan fingerprint density at radius 2 is 2.15 bits per heavy atom. The molecule has 0 saturated heterocycles. The lowest BCUT2D eigenvalue weighted by molar-refractivity contribution is -0.385. The Kier molecular flexibility index (Phi) is 3.38. The topological polar surface area (TPSA) is 64.4 Å². The van der Waals surface area contributed by atoms with Gasteiger partial charge in [0.2, 0.25) is 0 Å². The summed E-state index contributed by atoms with van der Waals surface area (Å²) in [7, 11) is 1.53. The summed E-state index contributed by atoms with van der Waals surface area (Å²) in [5, 5.41) is 14.4. The molecule has 1 aromatic rings. The molecule has 3 rings (SSSR count). The fourth-order valence-electron chi connectivity index (χ4n) is 3.01. The molecule has 0 spiro atoms.